The number of aromatic nitrogens is 5. The largest absolute Gasteiger partial charge is 0.470 e. The normalized spacial score (nSPS) is 14.7. The van der Waals surface area contributed by atoms with Gasteiger partial charge in [0.15, 0.2) is 5.82 Å². The highest BCUT2D eigenvalue weighted by Gasteiger charge is 2.17. The Morgan fingerprint density at radius 3 is 2.53 bits per heavy atom. The minimum Gasteiger partial charge on any atom is -0.470 e. The molecule has 3 aromatic heterocycles. The quantitative estimate of drug-likeness (QED) is 0.634. The van der Waals surface area contributed by atoms with Gasteiger partial charge in [-0.2, -0.15) is 0 Å². The van der Waals surface area contributed by atoms with Crippen molar-refractivity contribution < 1.29 is 4.74 Å². The highest BCUT2D eigenvalue weighted by Crippen LogP contribution is 2.26. The van der Waals surface area contributed by atoms with Gasteiger partial charge in [0, 0.05) is 32.4 Å². The number of nitrogens with two attached hydrogens (primary N) is 2. The zero-order valence-electron chi connectivity index (χ0n) is 17.1. The van der Waals surface area contributed by atoms with Gasteiger partial charge < -0.3 is 26.0 Å². The van der Waals surface area contributed by atoms with E-state index in [0.717, 1.165) is 37.6 Å². The lowest BCUT2D eigenvalue weighted by atomic mass is 10.2. The minimum atomic E-state index is 0.222. The lowest BCUT2D eigenvalue weighted by Gasteiger charge is -2.32. The molecule has 0 atom stereocenters. The highest BCUT2D eigenvalue weighted by molar-refractivity contribution is 5.60. The van der Waals surface area contributed by atoms with Gasteiger partial charge in [-0.3, -0.25) is 0 Å². The second-order valence-electron chi connectivity index (χ2n) is 7.28. The summed E-state index contributed by atoms with van der Waals surface area (Å²) >= 11 is 0. The topological polar surface area (TPSA) is 132 Å². The molecule has 30 heavy (non-hydrogen) atoms. The first-order valence-corrected chi connectivity index (χ1v) is 9.73. The Morgan fingerprint density at radius 1 is 1.03 bits per heavy atom. The summed E-state index contributed by atoms with van der Waals surface area (Å²) in [6.07, 6.45) is 5.12. The second kappa shape index (κ2) is 8.46. The molecule has 4 heterocycles. The molecule has 0 saturated carbocycles. The van der Waals surface area contributed by atoms with Crippen LogP contribution in [0.2, 0.25) is 0 Å². The Bertz CT molecular complexity index is 1020. The molecule has 0 unspecified atom stereocenters. The first kappa shape index (κ1) is 19.8. The third-order valence-corrected chi connectivity index (χ3v) is 4.99. The SMILES string of the molecule is Cc1nc(N)c(OCc2ccnc(N)c2)nc1-c1cnc(N2CCN(C)CC2)cn1. The standard InChI is InChI=1S/C20H25N9O/c1-13-18(15-10-25-17(11-24-15)29-7-5-28(2)6-8-29)27-20(19(22)26-13)30-12-14-3-4-23-16(21)9-14/h3-4,9-11H,5-8,12H2,1-2H3,(H2,21,23)(H2,22,26). The molecule has 3 aromatic rings. The third kappa shape index (κ3) is 4.38. The summed E-state index contributed by atoms with van der Waals surface area (Å²) in [5, 5.41) is 0. The van der Waals surface area contributed by atoms with E-state index in [-0.39, 0.29) is 18.3 Å². The number of hydrogen-bond acceptors (Lipinski definition) is 10. The third-order valence-electron chi connectivity index (χ3n) is 4.99. The van der Waals surface area contributed by atoms with Crippen LogP contribution in [0.15, 0.2) is 30.7 Å². The van der Waals surface area contributed by atoms with E-state index in [1.54, 1.807) is 24.7 Å². The molecule has 1 fully saturated rings. The maximum absolute atomic E-state index is 6.01. The van der Waals surface area contributed by atoms with E-state index in [2.05, 4.69) is 41.8 Å². The molecule has 156 valence electrons. The summed E-state index contributed by atoms with van der Waals surface area (Å²) < 4.78 is 5.78. The van der Waals surface area contributed by atoms with E-state index in [1.165, 1.54) is 0 Å². The van der Waals surface area contributed by atoms with E-state index in [9.17, 15) is 0 Å². The number of aryl methyl sites for hydroxylation is 1. The van der Waals surface area contributed by atoms with E-state index < -0.39 is 0 Å². The van der Waals surface area contributed by atoms with Crippen molar-refractivity contribution in [1.82, 2.24) is 29.8 Å². The van der Waals surface area contributed by atoms with Gasteiger partial charge in [-0.15, -0.1) is 0 Å². The lowest BCUT2D eigenvalue weighted by molar-refractivity contribution is 0.295. The Morgan fingerprint density at radius 2 is 1.83 bits per heavy atom. The number of pyridine rings is 1. The van der Waals surface area contributed by atoms with Crippen LogP contribution in [0.4, 0.5) is 17.5 Å². The zero-order chi connectivity index (χ0) is 21.1. The molecule has 0 spiro atoms. The van der Waals surface area contributed by atoms with Crippen molar-refractivity contribution in [2.24, 2.45) is 0 Å². The molecule has 10 nitrogen and oxygen atoms in total. The molecular formula is C20H25N9O. The first-order valence-electron chi connectivity index (χ1n) is 9.73. The smallest absolute Gasteiger partial charge is 0.258 e. The fourth-order valence-corrected chi connectivity index (χ4v) is 3.25. The van der Waals surface area contributed by atoms with Crippen molar-refractivity contribution in [2.75, 3.05) is 49.6 Å². The zero-order valence-corrected chi connectivity index (χ0v) is 17.1. The van der Waals surface area contributed by atoms with Crippen LogP contribution in [0.3, 0.4) is 0 Å². The van der Waals surface area contributed by atoms with Gasteiger partial charge in [-0.25, -0.2) is 24.9 Å². The molecule has 0 aromatic carbocycles. The van der Waals surface area contributed by atoms with Crippen LogP contribution in [-0.2, 0) is 6.61 Å². The molecule has 0 bridgehead atoms. The van der Waals surface area contributed by atoms with Crippen molar-refractivity contribution in [2.45, 2.75) is 13.5 Å². The Kier molecular flexibility index (Phi) is 5.57. The predicted octanol–water partition coefficient (Wildman–Crippen LogP) is 1.13. The number of ether oxygens (including phenoxy) is 1. The average molecular weight is 407 g/mol. The van der Waals surface area contributed by atoms with Crippen molar-refractivity contribution in [3.05, 3.63) is 42.0 Å². The summed E-state index contributed by atoms with van der Waals surface area (Å²) in [7, 11) is 2.12. The highest BCUT2D eigenvalue weighted by atomic mass is 16.5. The number of nitrogen functional groups attached to an aromatic ring is 2. The van der Waals surface area contributed by atoms with Crippen LogP contribution in [0, 0.1) is 6.92 Å². The van der Waals surface area contributed by atoms with Crippen LogP contribution >= 0.6 is 0 Å². The Balaban J connectivity index is 1.52. The fourth-order valence-electron chi connectivity index (χ4n) is 3.25. The van der Waals surface area contributed by atoms with E-state index in [1.807, 2.05) is 13.0 Å². The summed E-state index contributed by atoms with van der Waals surface area (Å²) in [5.41, 5.74) is 14.5. The van der Waals surface area contributed by atoms with E-state index in [0.29, 0.717) is 22.9 Å². The van der Waals surface area contributed by atoms with Gasteiger partial charge in [0.05, 0.1) is 18.1 Å². The number of anilines is 3. The van der Waals surface area contributed by atoms with Gasteiger partial charge in [-0.05, 0) is 31.7 Å². The molecule has 0 radical (unpaired) electrons. The second-order valence-corrected chi connectivity index (χ2v) is 7.28. The maximum atomic E-state index is 6.01. The summed E-state index contributed by atoms with van der Waals surface area (Å²) in [6, 6.07) is 3.55. The van der Waals surface area contributed by atoms with Gasteiger partial charge in [-0.1, -0.05) is 0 Å². The number of rotatable bonds is 5. The average Bonchev–Trinajstić information content (AvgIpc) is 2.74. The first-order chi connectivity index (χ1) is 14.5. The van der Waals surface area contributed by atoms with Crippen molar-refractivity contribution in [3.63, 3.8) is 0 Å². The number of likely N-dealkylation sites (N-methyl/N-ethyl adjacent to an activating group) is 1. The minimum absolute atomic E-state index is 0.222. The summed E-state index contributed by atoms with van der Waals surface area (Å²) in [5.74, 6) is 1.76. The monoisotopic (exact) mass is 407 g/mol. The van der Waals surface area contributed by atoms with Crippen LogP contribution in [0.25, 0.3) is 11.4 Å². The Hall–Kier alpha value is -3.53. The van der Waals surface area contributed by atoms with Crippen LogP contribution < -0.4 is 21.1 Å². The van der Waals surface area contributed by atoms with E-state index in [4.69, 9.17) is 16.2 Å². The molecule has 1 saturated heterocycles. The van der Waals surface area contributed by atoms with Crippen LogP contribution in [-0.4, -0.2) is 63.0 Å². The molecule has 0 aliphatic carbocycles. The molecule has 4 rings (SSSR count). The number of hydrogen-bond donors (Lipinski definition) is 2. The number of piperazine rings is 1. The molecule has 0 amide bonds. The van der Waals surface area contributed by atoms with Crippen LogP contribution in [0.1, 0.15) is 11.3 Å². The summed E-state index contributed by atoms with van der Waals surface area (Å²) in [4.78, 5) is 26.6. The molecule has 4 N–H and O–H groups in total. The van der Waals surface area contributed by atoms with Crippen molar-refractivity contribution in [3.8, 4) is 17.3 Å². The molecular weight excluding hydrogens is 382 g/mol. The summed E-state index contributed by atoms with van der Waals surface area (Å²) in [6.45, 7) is 5.97. The van der Waals surface area contributed by atoms with Crippen molar-refractivity contribution in [1.29, 1.82) is 0 Å². The molecule has 1 aliphatic rings. The maximum Gasteiger partial charge on any atom is 0.258 e. The molecule has 1 aliphatic heterocycles. The van der Waals surface area contributed by atoms with Crippen LogP contribution in [0.5, 0.6) is 5.88 Å². The van der Waals surface area contributed by atoms with E-state index >= 15 is 0 Å². The van der Waals surface area contributed by atoms with Gasteiger partial charge in [0.25, 0.3) is 5.88 Å². The number of nitrogens with zero attached hydrogens (tertiary/aromatic N) is 7. The van der Waals surface area contributed by atoms with Gasteiger partial charge in [0.2, 0.25) is 0 Å². The Labute approximate surface area is 175 Å². The fraction of sp³-hybridized carbons (Fsp3) is 0.350. The molecule has 10 heteroatoms. The van der Waals surface area contributed by atoms with Crippen molar-refractivity contribution >= 4 is 17.5 Å². The van der Waals surface area contributed by atoms with Gasteiger partial charge in [0.1, 0.15) is 29.6 Å². The van der Waals surface area contributed by atoms with Gasteiger partial charge >= 0.3 is 0 Å². The predicted molar refractivity (Wildman–Crippen MR) is 115 cm³/mol. The lowest BCUT2D eigenvalue weighted by Crippen LogP contribution is -2.44.